The van der Waals surface area contributed by atoms with Crippen LogP contribution in [0.3, 0.4) is 0 Å². The van der Waals surface area contributed by atoms with E-state index in [0.717, 1.165) is 4.47 Å². The number of hydrogen-bond acceptors (Lipinski definition) is 2. The van der Waals surface area contributed by atoms with Crippen molar-refractivity contribution in [2.45, 2.75) is 5.92 Å². The van der Waals surface area contributed by atoms with Gasteiger partial charge in [-0.05, 0) is 35.9 Å². The molecule has 0 spiro atoms. The molecule has 2 aromatic rings. The SMILES string of the molecule is N#CC(C(=O)c1ccc(Br)cc1Br)c1ccc(F)cc1. The lowest BCUT2D eigenvalue weighted by Crippen LogP contribution is -2.12. The Bertz CT molecular complexity index is 692. The van der Waals surface area contributed by atoms with Crippen molar-refractivity contribution in [2.24, 2.45) is 0 Å². The van der Waals surface area contributed by atoms with E-state index in [2.05, 4.69) is 31.9 Å². The fraction of sp³-hybridized carbons (Fsp3) is 0.0667. The van der Waals surface area contributed by atoms with Gasteiger partial charge in [-0.1, -0.05) is 44.0 Å². The third kappa shape index (κ3) is 3.14. The quantitative estimate of drug-likeness (QED) is 0.696. The Kier molecular flexibility index (Phi) is 4.69. The molecule has 2 nitrogen and oxygen atoms in total. The molecule has 1 atom stereocenters. The molecule has 1 unspecified atom stereocenters. The predicted octanol–water partition coefficient (Wildman–Crippen LogP) is 4.84. The molecule has 0 saturated heterocycles. The highest BCUT2D eigenvalue weighted by atomic mass is 79.9. The molecule has 0 aliphatic carbocycles. The van der Waals surface area contributed by atoms with Crippen molar-refractivity contribution in [1.29, 1.82) is 5.26 Å². The zero-order chi connectivity index (χ0) is 14.7. The number of carbonyl (C=O) groups excluding carboxylic acids is 1. The third-order valence-corrected chi connectivity index (χ3v) is 3.94. The molecule has 0 amide bonds. The molecule has 0 bridgehead atoms. The van der Waals surface area contributed by atoms with Crippen LogP contribution in [0.15, 0.2) is 51.4 Å². The van der Waals surface area contributed by atoms with E-state index >= 15 is 0 Å². The maximum atomic E-state index is 12.9. The minimum absolute atomic E-state index is 0.321. The van der Waals surface area contributed by atoms with Crippen LogP contribution in [0.5, 0.6) is 0 Å². The third-order valence-electron chi connectivity index (χ3n) is 2.79. The fourth-order valence-electron chi connectivity index (χ4n) is 1.78. The molecule has 0 aliphatic heterocycles. The first-order valence-electron chi connectivity index (χ1n) is 5.67. The zero-order valence-corrected chi connectivity index (χ0v) is 13.3. The molecule has 0 N–H and O–H groups in total. The molecular formula is C15H8Br2FNO. The number of hydrogen-bond donors (Lipinski definition) is 0. The molecule has 2 rings (SSSR count). The number of ketones is 1. The van der Waals surface area contributed by atoms with Crippen LogP contribution in [-0.2, 0) is 0 Å². The number of nitrogens with zero attached hydrogens (tertiary/aromatic N) is 1. The summed E-state index contributed by atoms with van der Waals surface area (Å²) >= 11 is 6.61. The summed E-state index contributed by atoms with van der Waals surface area (Å²) in [5.74, 6) is -1.67. The van der Waals surface area contributed by atoms with Crippen molar-refractivity contribution in [3.05, 3.63) is 68.4 Å². The van der Waals surface area contributed by atoms with Gasteiger partial charge in [-0.3, -0.25) is 4.79 Å². The Hall–Kier alpha value is -1.51. The molecule has 5 heteroatoms. The van der Waals surface area contributed by atoms with Crippen molar-refractivity contribution in [2.75, 3.05) is 0 Å². The van der Waals surface area contributed by atoms with Gasteiger partial charge in [0.2, 0.25) is 0 Å². The molecule has 0 radical (unpaired) electrons. The van der Waals surface area contributed by atoms with Crippen molar-refractivity contribution in [1.82, 2.24) is 0 Å². The lowest BCUT2D eigenvalue weighted by atomic mass is 9.92. The number of halogens is 3. The Morgan fingerprint density at radius 2 is 1.80 bits per heavy atom. The van der Waals surface area contributed by atoms with Crippen LogP contribution in [-0.4, -0.2) is 5.78 Å². The van der Waals surface area contributed by atoms with Gasteiger partial charge in [-0.25, -0.2) is 4.39 Å². The minimum atomic E-state index is -0.951. The van der Waals surface area contributed by atoms with Crippen molar-refractivity contribution >= 4 is 37.6 Å². The van der Waals surface area contributed by atoms with Gasteiger partial charge in [0.15, 0.2) is 5.78 Å². The van der Waals surface area contributed by atoms with E-state index < -0.39 is 11.7 Å². The molecule has 0 fully saturated rings. The summed E-state index contributed by atoms with van der Waals surface area (Å²) in [4.78, 5) is 12.4. The van der Waals surface area contributed by atoms with Crippen molar-refractivity contribution in [3.8, 4) is 6.07 Å². The highest BCUT2D eigenvalue weighted by Gasteiger charge is 2.23. The van der Waals surface area contributed by atoms with E-state index in [-0.39, 0.29) is 5.78 Å². The van der Waals surface area contributed by atoms with Gasteiger partial charge in [0.05, 0.1) is 6.07 Å². The van der Waals surface area contributed by atoms with Crippen LogP contribution in [0, 0.1) is 17.1 Å². The highest BCUT2D eigenvalue weighted by molar-refractivity contribution is 9.11. The second kappa shape index (κ2) is 6.29. The van der Waals surface area contributed by atoms with Gasteiger partial charge < -0.3 is 0 Å². The number of nitriles is 1. The summed E-state index contributed by atoms with van der Waals surface area (Å²) in [5, 5.41) is 9.24. The van der Waals surface area contributed by atoms with E-state index in [4.69, 9.17) is 0 Å². The van der Waals surface area contributed by atoms with Crippen LogP contribution in [0.2, 0.25) is 0 Å². The van der Waals surface area contributed by atoms with Crippen LogP contribution < -0.4 is 0 Å². The molecule has 2 aromatic carbocycles. The van der Waals surface area contributed by atoms with Gasteiger partial charge in [-0.15, -0.1) is 0 Å². The normalized spacial score (nSPS) is 11.7. The van der Waals surface area contributed by atoms with E-state index in [1.807, 2.05) is 6.07 Å². The van der Waals surface area contributed by atoms with E-state index in [1.165, 1.54) is 24.3 Å². The van der Waals surface area contributed by atoms with Crippen LogP contribution in [0.1, 0.15) is 21.8 Å². The Morgan fingerprint density at radius 3 is 2.35 bits per heavy atom. The smallest absolute Gasteiger partial charge is 0.185 e. The van der Waals surface area contributed by atoms with Gasteiger partial charge in [-0.2, -0.15) is 5.26 Å². The molecule has 0 heterocycles. The maximum absolute atomic E-state index is 12.9. The van der Waals surface area contributed by atoms with Crippen molar-refractivity contribution < 1.29 is 9.18 Å². The monoisotopic (exact) mass is 395 g/mol. The maximum Gasteiger partial charge on any atom is 0.185 e. The Labute approximate surface area is 132 Å². The first kappa shape index (κ1) is 14.9. The lowest BCUT2D eigenvalue weighted by molar-refractivity contribution is 0.0978. The van der Waals surface area contributed by atoms with Gasteiger partial charge in [0.25, 0.3) is 0 Å². The molecule has 100 valence electrons. The molecule has 0 aromatic heterocycles. The van der Waals surface area contributed by atoms with E-state index in [0.29, 0.717) is 15.6 Å². The highest BCUT2D eigenvalue weighted by Crippen LogP contribution is 2.27. The average Bonchev–Trinajstić information content (AvgIpc) is 2.41. The second-order valence-corrected chi connectivity index (χ2v) is 5.87. The van der Waals surface area contributed by atoms with E-state index in [9.17, 15) is 14.4 Å². The topological polar surface area (TPSA) is 40.9 Å². The lowest BCUT2D eigenvalue weighted by Gasteiger charge is -2.10. The number of Topliss-reactive ketones (excluding diaryl/α,β-unsaturated/α-hetero) is 1. The summed E-state index contributed by atoms with van der Waals surface area (Å²) in [7, 11) is 0. The molecule has 20 heavy (non-hydrogen) atoms. The molecular weight excluding hydrogens is 389 g/mol. The number of carbonyl (C=O) groups is 1. The average molecular weight is 397 g/mol. The summed E-state index contributed by atoms with van der Waals surface area (Å²) < 4.78 is 14.3. The predicted molar refractivity (Wildman–Crippen MR) is 80.9 cm³/mol. The number of rotatable bonds is 3. The summed E-state index contributed by atoms with van der Waals surface area (Å²) in [6, 6.07) is 12.5. The Balaban J connectivity index is 2.39. The van der Waals surface area contributed by atoms with Crippen molar-refractivity contribution in [3.63, 3.8) is 0 Å². The summed E-state index contributed by atoms with van der Waals surface area (Å²) in [6.07, 6.45) is 0. The van der Waals surface area contributed by atoms with Gasteiger partial charge in [0.1, 0.15) is 11.7 Å². The first-order chi connectivity index (χ1) is 9.52. The van der Waals surface area contributed by atoms with Gasteiger partial charge >= 0.3 is 0 Å². The minimum Gasteiger partial charge on any atom is -0.292 e. The number of benzene rings is 2. The van der Waals surface area contributed by atoms with Crippen LogP contribution >= 0.6 is 31.9 Å². The first-order valence-corrected chi connectivity index (χ1v) is 7.26. The molecule has 0 saturated carbocycles. The zero-order valence-electron chi connectivity index (χ0n) is 10.1. The summed E-state index contributed by atoms with van der Waals surface area (Å²) in [5.41, 5.74) is 0.901. The van der Waals surface area contributed by atoms with Gasteiger partial charge in [0, 0.05) is 14.5 Å². The summed E-state index contributed by atoms with van der Waals surface area (Å²) in [6.45, 7) is 0. The largest absolute Gasteiger partial charge is 0.292 e. The van der Waals surface area contributed by atoms with Crippen LogP contribution in [0.4, 0.5) is 4.39 Å². The van der Waals surface area contributed by atoms with Crippen LogP contribution in [0.25, 0.3) is 0 Å². The Morgan fingerprint density at radius 1 is 1.15 bits per heavy atom. The fourth-order valence-corrected chi connectivity index (χ4v) is 3.03. The standard InChI is InChI=1S/C15H8Br2FNO/c16-10-3-6-12(14(17)7-10)15(20)13(8-19)9-1-4-11(18)5-2-9/h1-7,13H. The van der Waals surface area contributed by atoms with E-state index in [1.54, 1.807) is 18.2 Å². The second-order valence-electron chi connectivity index (χ2n) is 4.10. The molecule has 0 aliphatic rings.